The van der Waals surface area contributed by atoms with Gasteiger partial charge in [-0.2, -0.15) is 0 Å². The Morgan fingerprint density at radius 2 is 1.79 bits per heavy atom. The second-order valence-corrected chi connectivity index (χ2v) is 5.08. The van der Waals surface area contributed by atoms with Crippen LogP contribution in [0.5, 0.6) is 0 Å². The van der Waals surface area contributed by atoms with Crippen LogP contribution in [0.1, 0.15) is 5.56 Å². The molecule has 0 radical (unpaired) electrons. The van der Waals surface area contributed by atoms with Gasteiger partial charge in [-0.3, -0.25) is 0 Å². The van der Waals surface area contributed by atoms with E-state index in [1.54, 1.807) is 24.3 Å². The van der Waals surface area contributed by atoms with Gasteiger partial charge in [0.15, 0.2) is 0 Å². The Hall–Kier alpha value is -1.53. The third-order valence-electron chi connectivity index (χ3n) is 2.47. The van der Waals surface area contributed by atoms with Crippen LogP contribution in [0.4, 0.5) is 20.2 Å². The lowest BCUT2D eigenvalue weighted by Crippen LogP contribution is -2.12. The van der Waals surface area contributed by atoms with Gasteiger partial charge in [0.05, 0.1) is 10.2 Å². The van der Waals surface area contributed by atoms with Crippen molar-refractivity contribution in [3.05, 3.63) is 58.1 Å². The average molecular weight is 343 g/mol. The van der Waals surface area contributed by atoms with Crippen molar-refractivity contribution < 1.29 is 8.78 Å². The van der Waals surface area contributed by atoms with Crippen LogP contribution in [-0.2, 0) is 0 Å². The maximum Gasteiger partial charge on any atom is 0.147 e. The highest BCUT2D eigenvalue weighted by atomic mass is 79.9. The molecule has 0 spiro atoms. The van der Waals surface area contributed by atoms with Crippen molar-refractivity contribution in [2.45, 2.75) is 0 Å². The Morgan fingerprint density at radius 3 is 2.47 bits per heavy atom. The van der Waals surface area contributed by atoms with Gasteiger partial charge in [0.1, 0.15) is 16.6 Å². The predicted molar refractivity (Wildman–Crippen MR) is 79.7 cm³/mol. The number of benzene rings is 2. The topological polar surface area (TPSA) is 38.0 Å². The largest absolute Gasteiger partial charge is 0.389 e. The monoisotopic (exact) mass is 342 g/mol. The van der Waals surface area contributed by atoms with E-state index in [9.17, 15) is 8.78 Å². The van der Waals surface area contributed by atoms with Gasteiger partial charge in [0.2, 0.25) is 0 Å². The van der Waals surface area contributed by atoms with Crippen LogP contribution < -0.4 is 11.1 Å². The third-order valence-corrected chi connectivity index (χ3v) is 3.30. The Balaban J connectivity index is 2.42. The molecule has 0 aliphatic carbocycles. The zero-order chi connectivity index (χ0) is 14.0. The third kappa shape index (κ3) is 3.08. The van der Waals surface area contributed by atoms with Crippen molar-refractivity contribution >= 4 is 44.5 Å². The first-order valence-corrected chi connectivity index (χ1v) is 6.49. The Kier molecular flexibility index (Phi) is 4.11. The lowest BCUT2D eigenvalue weighted by molar-refractivity contribution is 0.598. The molecular weight excluding hydrogens is 334 g/mol. The molecule has 3 N–H and O–H groups in total. The highest BCUT2D eigenvalue weighted by Gasteiger charge is 2.11. The van der Waals surface area contributed by atoms with Crippen molar-refractivity contribution in [2.75, 3.05) is 5.32 Å². The molecule has 0 aliphatic rings. The van der Waals surface area contributed by atoms with Gasteiger partial charge < -0.3 is 11.1 Å². The highest BCUT2D eigenvalue weighted by molar-refractivity contribution is 9.10. The molecule has 0 amide bonds. The SMILES string of the molecule is NC(=S)c1ccccc1Nc1cc(F)c(Br)cc1F. The van der Waals surface area contributed by atoms with Gasteiger partial charge in [-0.15, -0.1) is 0 Å². The van der Waals surface area contributed by atoms with E-state index in [4.69, 9.17) is 18.0 Å². The summed E-state index contributed by atoms with van der Waals surface area (Å²) in [6.45, 7) is 0. The van der Waals surface area contributed by atoms with E-state index in [1.807, 2.05) is 0 Å². The molecule has 19 heavy (non-hydrogen) atoms. The van der Waals surface area contributed by atoms with Crippen molar-refractivity contribution in [3.63, 3.8) is 0 Å². The summed E-state index contributed by atoms with van der Waals surface area (Å²) in [6.07, 6.45) is 0. The zero-order valence-corrected chi connectivity index (χ0v) is 12.0. The maximum atomic E-state index is 13.7. The standard InChI is InChI=1S/C13H9BrF2N2S/c14-8-5-10(16)12(6-9(8)15)18-11-4-2-1-3-7(11)13(17)19/h1-6,18H,(H2,17,19). The summed E-state index contributed by atoms with van der Waals surface area (Å²) in [5, 5.41) is 2.79. The first-order valence-electron chi connectivity index (χ1n) is 5.29. The van der Waals surface area contributed by atoms with E-state index in [-0.39, 0.29) is 15.1 Å². The summed E-state index contributed by atoms with van der Waals surface area (Å²) in [5.41, 5.74) is 6.69. The lowest BCUT2D eigenvalue weighted by atomic mass is 10.1. The molecule has 0 atom stereocenters. The first-order chi connectivity index (χ1) is 8.99. The van der Waals surface area contributed by atoms with Crippen LogP contribution in [0, 0.1) is 11.6 Å². The quantitative estimate of drug-likeness (QED) is 0.651. The van der Waals surface area contributed by atoms with Gasteiger partial charge in [-0.05, 0) is 34.1 Å². The molecule has 0 fully saturated rings. The van der Waals surface area contributed by atoms with E-state index >= 15 is 0 Å². The predicted octanol–water partition coefficient (Wildman–Crippen LogP) is 4.11. The average Bonchev–Trinajstić information content (AvgIpc) is 2.36. The molecule has 0 saturated heterocycles. The number of thiocarbonyl (C=S) groups is 1. The minimum Gasteiger partial charge on any atom is -0.389 e. The summed E-state index contributed by atoms with van der Waals surface area (Å²) in [4.78, 5) is 0.182. The molecule has 6 heteroatoms. The summed E-state index contributed by atoms with van der Waals surface area (Å²) in [7, 11) is 0. The van der Waals surface area contributed by atoms with E-state index in [2.05, 4.69) is 21.2 Å². The molecule has 0 saturated carbocycles. The molecular formula is C13H9BrF2N2S. The van der Waals surface area contributed by atoms with Crippen LogP contribution in [0.25, 0.3) is 0 Å². The molecule has 98 valence electrons. The minimum absolute atomic E-state index is 0.0180. The van der Waals surface area contributed by atoms with Gasteiger partial charge in [-0.1, -0.05) is 24.4 Å². The van der Waals surface area contributed by atoms with Crippen LogP contribution in [0.2, 0.25) is 0 Å². The zero-order valence-electron chi connectivity index (χ0n) is 9.58. The smallest absolute Gasteiger partial charge is 0.147 e. The Bertz CT molecular complexity index is 647. The summed E-state index contributed by atoms with van der Waals surface area (Å²) in [6, 6.07) is 9.03. The van der Waals surface area contributed by atoms with Gasteiger partial charge >= 0.3 is 0 Å². The van der Waals surface area contributed by atoms with Gasteiger partial charge in [0, 0.05) is 17.3 Å². The number of anilines is 2. The number of nitrogens with one attached hydrogen (secondary N) is 1. The number of rotatable bonds is 3. The Labute approximate surface area is 122 Å². The Morgan fingerprint density at radius 1 is 1.11 bits per heavy atom. The van der Waals surface area contributed by atoms with Crippen LogP contribution >= 0.6 is 28.1 Å². The van der Waals surface area contributed by atoms with Crippen molar-refractivity contribution in [2.24, 2.45) is 5.73 Å². The molecule has 2 rings (SSSR count). The summed E-state index contributed by atoms with van der Waals surface area (Å²) >= 11 is 7.83. The van der Waals surface area contributed by atoms with Crippen LogP contribution in [0.3, 0.4) is 0 Å². The van der Waals surface area contributed by atoms with Crippen molar-refractivity contribution in [3.8, 4) is 0 Å². The molecule has 0 bridgehead atoms. The highest BCUT2D eigenvalue weighted by Crippen LogP contribution is 2.27. The van der Waals surface area contributed by atoms with E-state index in [1.165, 1.54) is 0 Å². The number of hydrogen-bond donors (Lipinski definition) is 2. The molecule has 2 aromatic carbocycles. The fraction of sp³-hybridized carbons (Fsp3) is 0. The fourth-order valence-corrected chi connectivity index (χ4v) is 2.06. The van der Waals surface area contributed by atoms with E-state index < -0.39 is 11.6 Å². The maximum absolute atomic E-state index is 13.7. The number of hydrogen-bond acceptors (Lipinski definition) is 2. The van der Waals surface area contributed by atoms with E-state index in [0.717, 1.165) is 12.1 Å². The van der Waals surface area contributed by atoms with E-state index in [0.29, 0.717) is 11.3 Å². The number of para-hydroxylation sites is 1. The molecule has 0 aromatic heterocycles. The molecule has 0 heterocycles. The second-order valence-electron chi connectivity index (χ2n) is 3.78. The number of nitrogens with two attached hydrogens (primary N) is 1. The normalized spacial score (nSPS) is 10.3. The second kappa shape index (κ2) is 5.63. The van der Waals surface area contributed by atoms with Gasteiger partial charge in [-0.25, -0.2) is 8.78 Å². The molecule has 2 aromatic rings. The minimum atomic E-state index is -0.578. The summed E-state index contributed by atoms with van der Waals surface area (Å²) in [5.74, 6) is -1.14. The molecule has 2 nitrogen and oxygen atoms in total. The van der Waals surface area contributed by atoms with Crippen molar-refractivity contribution in [1.29, 1.82) is 0 Å². The van der Waals surface area contributed by atoms with Crippen LogP contribution in [-0.4, -0.2) is 4.99 Å². The molecule has 0 unspecified atom stereocenters. The molecule has 0 aliphatic heterocycles. The lowest BCUT2D eigenvalue weighted by Gasteiger charge is -2.12. The van der Waals surface area contributed by atoms with Gasteiger partial charge in [0.25, 0.3) is 0 Å². The summed E-state index contributed by atoms with van der Waals surface area (Å²) < 4.78 is 27.2. The number of halogens is 3. The first kappa shape index (κ1) is 13.9. The van der Waals surface area contributed by atoms with Crippen LogP contribution in [0.15, 0.2) is 40.9 Å². The fourth-order valence-electron chi connectivity index (χ4n) is 1.57. The van der Waals surface area contributed by atoms with Crippen molar-refractivity contribution in [1.82, 2.24) is 0 Å².